The quantitative estimate of drug-likeness (QED) is 0.292. The van der Waals surface area contributed by atoms with Gasteiger partial charge in [0.25, 0.3) is 0 Å². The first kappa shape index (κ1) is 27.9. The number of hydrogen-bond acceptors (Lipinski definition) is 6. The Morgan fingerprint density at radius 3 is 2.29 bits per heavy atom. The fraction of sp³-hybridized carbons (Fsp3) is 0.531. The predicted octanol–water partition coefficient (Wildman–Crippen LogP) is 5.09. The number of aliphatic hydroxyl groups excluding tert-OH is 1. The molecule has 0 aliphatic heterocycles. The zero-order valence-corrected chi connectivity index (χ0v) is 23.6. The summed E-state index contributed by atoms with van der Waals surface area (Å²) >= 11 is 0. The molecule has 0 spiro atoms. The molecule has 6 nitrogen and oxygen atoms in total. The molecule has 4 rings (SSSR count). The number of fused-ring (bicyclic) bond motifs is 3. The number of benzene rings is 1. The average Bonchev–Trinajstić information content (AvgIpc) is 2.77. The van der Waals surface area contributed by atoms with E-state index >= 15 is 0 Å². The van der Waals surface area contributed by atoms with Gasteiger partial charge in [-0.05, 0) is 62.1 Å². The van der Waals surface area contributed by atoms with E-state index in [-0.39, 0.29) is 34.8 Å². The fourth-order valence-corrected chi connectivity index (χ4v) is 7.72. The van der Waals surface area contributed by atoms with Gasteiger partial charge in [-0.1, -0.05) is 59.0 Å². The van der Waals surface area contributed by atoms with Crippen LogP contribution in [-0.2, 0) is 20.8 Å². The maximum Gasteiger partial charge on any atom is 0.206 e. The average molecular weight is 519 g/mol. The number of hydrogen-bond donors (Lipinski definition) is 3. The first-order valence-corrected chi connectivity index (χ1v) is 13.3. The van der Waals surface area contributed by atoms with E-state index in [9.17, 15) is 29.7 Å². The van der Waals surface area contributed by atoms with Crippen LogP contribution in [-0.4, -0.2) is 38.3 Å². The summed E-state index contributed by atoms with van der Waals surface area (Å²) in [6, 6.07) is 3.16. The fourth-order valence-electron chi connectivity index (χ4n) is 7.72. The van der Waals surface area contributed by atoms with E-state index in [1.807, 2.05) is 20.8 Å². The highest BCUT2D eigenvalue weighted by atomic mass is 16.3. The zero-order chi connectivity index (χ0) is 28.5. The predicted molar refractivity (Wildman–Crippen MR) is 145 cm³/mol. The molecule has 4 atom stereocenters. The van der Waals surface area contributed by atoms with Gasteiger partial charge in [-0.2, -0.15) is 0 Å². The monoisotopic (exact) mass is 518 g/mol. The van der Waals surface area contributed by atoms with Crippen LogP contribution in [0, 0.1) is 40.4 Å². The molecule has 0 bridgehead atoms. The van der Waals surface area contributed by atoms with Crippen molar-refractivity contribution in [1.82, 2.24) is 0 Å². The lowest BCUT2D eigenvalue weighted by Gasteiger charge is -2.60. The maximum absolute atomic E-state index is 14.3. The second-order valence-electron chi connectivity index (χ2n) is 12.6. The number of phenols is 1. The molecule has 1 aromatic rings. The Bertz CT molecular complexity index is 1400. The number of carbonyl (C=O) groups is 3. The number of rotatable bonds is 3. The van der Waals surface area contributed by atoms with Gasteiger partial charge in [0.2, 0.25) is 11.6 Å². The summed E-state index contributed by atoms with van der Waals surface area (Å²) in [5.74, 6) is 3.28. The topological polar surface area (TPSA) is 112 Å². The van der Waals surface area contributed by atoms with Crippen molar-refractivity contribution in [2.24, 2.45) is 28.6 Å². The highest BCUT2D eigenvalue weighted by molar-refractivity contribution is 6.33. The lowest BCUT2D eigenvalue weighted by Crippen LogP contribution is -2.70. The highest BCUT2D eigenvalue weighted by Crippen LogP contribution is 2.65. The molecule has 0 saturated heterocycles. The first-order chi connectivity index (χ1) is 17.5. The van der Waals surface area contributed by atoms with Gasteiger partial charge in [0.15, 0.2) is 11.4 Å². The molecular weight excluding hydrogens is 480 g/mol. The van der Waals surface area contributed by atoms with Gasteiger partial charge in [0.1, 0.15) is 11.5 Å². The van der Waals surface area contributed by atoms with Crippen LogP contribution >= 0.6 is 0 Å². The van der Waals surface area contributed by atoms with Crippen molar-refractivity contribution in [1.29, 1.82) is 0 Å². The van der Waals surface area contributed by atoms with E-state index in [0.717, 1.165) is 0 Å². The molecule has 1 saturated carbocycles. The van der Waals surface area contributed by atoms with Crippen LogP contribution in [0.2, 0.25) is 0 Å². The maximum atomic E-state index is 14.3. The molecule has 0 radical (unpaired) electrons. The Labute approximate surface area is 224 Å². The number of phenolic OH excluding ortho intramolecular Hbond substituents is 1. The van der Waals surface area contributed by atoms with E-state index in [4.69, 9.17) is 0 Å². The van der Waals surface area contributed by atoms with Gasteiger partial charge in [-0.3, -0.25) is 14.4 Å². The molecule has 0 heterocycles. The van der Waals surface area contributed by atoms with Crippen LogP contribution in [0.15, 0.2) is 28.9 Å². The summed E-state index contributed by atoms with van der Waals surface area (Å²) in [6.07, 6.45) is 1.19. The van der Waals surface area contributed by atoms with Crippen LogP contribution in [0.25, 0.3) is 5.76 Å². The van der Waals surface area contributed by atoms with Gasteiger partial charge in [-0.15, -0.1) is 0 Å². The van der Waals surface area contributed by atoms with Crippen molar-refractivity contribution in [2.75, 3.05) is 0 Å². The summed E-state index contributed by atoms with van der Waals surface area (Å²) in [7, 11) is 0. The highest BCUT2D eigenvalue weighted by Gasteiger charge is 2.71. The minimum Gasteiger partial charge on any atom is -0.507 e. The van der Waals surface area contributed by atoms with Crippen molar-refractivity contribution < 1.29 is 29.7 Å². The first-order valence-electron chi connectivity index (χ1n) is 13.3. The molecule has 1 aromatic carbocycles. The summed E-state index contributed by atoms with van der Waals surface area (Å²) < 4.78 is 0. The van der Waals surface area contributed by atoms with E-state index in [2.05, 4.69) is 25.7 Å². The van der Waals surface area contributed by atoms with Gasteiger partial charge in [0.05, 0.1) is 11.1 Å². The molecule has 202 valence electrons. The zero-order valence-electron chi connectivity index (χ0n) is 23.6. The number of allylic oxidation sites excluding steroid dienone is 1. The van der Waals surface area contributed by atoms with Gasteiger partial charge >= 0.3 is 0 Å². The van der Waals surface area contributed by atoms with Gasteiger partial charge in [-0.25, -0.2) is 0 Å². The van der Waals surface area contributed by atoms with Crippen molar-refractivity contribution in [2.45, 2.75) is 80.3 Å². The summed E-state index contributed by atoms with van der Waals surface area (Å²) in [5.41, 5.74) is -2.90. The normalized spacial score (nSPS) is 30.7. The number of ketones is 3. The third kappa shape index (κ3) is 3.62. The van der Waals surface area contributed by atoms with E-state index in [1.54, 1.807) is 19.9 Å². The summed E-state index contributed by atoms with van der Waals surface area (Å²) in [4.78, 5) is 40.7. The Kier molecular flexibility index (Phi) is 6.56. The number of aliphatic hydroxyl groups is 2. The third-order valence-corrected chi connectivity index (χ3v) is 8.93. The lowest BCUT2D eigenvalue weighted by molar-refractivity contribution is -0.180. The molecule has 6 heteroatoms. The van der Waals surface area contributed by atoms with Crippen molar-refractivity contribution in [3.05, 3.63) is 45.5 Å². The van der Waals surface area contributed by atoms with Gasteiger partial charge < -0.3 is 15.3 Å². The smallest absolute Gasteiger partial charge is 0.206 e. The van der Waals surface area contributed by atoms with E-state index in [0.29, 0.717) is 35.5 Å². The minimum atomic E-state index is -2.52. The van der Waals surface area contributed by atoms with Crippen LogP contribution < -0.4 is 0 Å². The molecule has 3 aliphatic carbocycles. The summed E-state index contributed by atoms with van der Waals surface area (Å²) in [5, 5.41) is 34.4. The summed E-state index contributed by atoms with van der Waals surface area (Å²) in [6.45, 7) is 14.7. The molecule has 3 aliphatic rings. The number of carbonyl (C=O) groups excluding carboxylic acids is 3. The molecule has 1 fully saturated rings. The Hall–Kier alpha value is -3.17. The lowest BCUT2D eigenvalue weighted by atomic mass is 9.42. The van der Waals surface area contributed by atoms with E-state index in [1.165, 1.54) is 13.0 Å². The molecular formula is C32H38O6. The SMILES string of the molecule is CC(=O)C1=C(C)[C@@H](C(C)C)[C@]2(C)C[C@]3(C)Cc4c(C#CCC(C)C)ccc(O)c4C(O)=C3C(=O)[C@]2(O)C1=O. The third-order valence-electron chi connectivity index (χ3n) is 8.93. The van der Waals surface area contributed by atoms with Crippen molar-refractivity contribution in [3.8, 4) is 17.6 Å². The van der Waals surface area contributed by atoms with Crippen LogP contribution in [0.5, 0.6) is 5.75 Å². The van der Waals surface area contributed by atoms with Crippen LogP contribution in [0.3, 0.4) is 0 Å². The van der Waals surface area contributed by atoms with E-state index < -0.39 is 45.5 Å². The largest absolute Gasteiger partial charge is 0.507 e. The second kappa shape index (κ2) is 8.95. The Balaban J connectivity index is 2.02. The van der Waals surface area contributed by atoms with Crippen LogP contribution in [0.1, 0.15) is 84.9 Å². The van der Waals surface area contributed by atoms with Gasteiger partial charge in [0, 0.05) is 28.4 Å². The molecule has 0 unspecified atom stereocenters. The van der Waals surface area contributed by atoms with Crippen molar-refractivity contribution >= 4 is 23.1 Å². The Morgan fingerprint density at radius 2 is 1.74 bits per heavy atom. The molecule has 3 N–H and O–H groups in total. The molecule has 0 amide bonds. The second-order valence-corrected chi connectivity index (χ2v) is 12.6. The van der Waals surface area contributed by atoms with Crippen molar-refractivity contribution in [3.63, 3.8) is 0 Å². The molecule has 0 aromatic heterocycles. The minimum absolute atomic E-state index is 0.0779. The number of Topliss-reactive ketones (excluding diaryl/α,β-unsaturated/α-hetero) is 3. The standard InChI is InChI=1S/C32H38O6/c1-16(2)10-9-11-20-12-13-22(34)24-21(20)14-30(7)15-31(8)25(17(3)4)18(5)23(19(6)33)28(36)32(31,38)29(37)26(30)27(24)35/h12-13,16-17,25,34-35,38H,10,14-15H2,1-8H3/t25-,30+,31+,32-/m1/s1. The molecule has 38 heavy (non-hydrogen) atoms. The van der Waals surface area contributed by atoms with Crippen LogP contribution in [0.4, 0.5) is 0 Å². The Morgan fingerprint density at radius 1 is 1.11 bits per heavy atom. The number of aromatic hydroxyl groups is 1.